The van der Waals surface area contributed by atoms with Gasteiger partial charge in [-0.3, -0.25) is 4.68 Å². The second-order valence-corrected chi connectivity index (χ2v) is 5.29. The van der Waals surface area contributed by atoms with Gasteiger partial charge < -0.3 is 4.74 Å². The number of ether oxygens (including phenoxy) is 1. The molecule has 0 atom stereocenters. The number of aromatic nitrogens is 2. The largest absolute Gasteiger partial charge is 0.453 e. The van der Waals surface area contributed by atoms with Crippen LogP contribution in [0.2, 0.25) is 0 Å². The SMILES string of the molecule is Cc1nn(C)c(C)c1Oc1ccc(Br)cc1CCl. The maximum absolute atomic E-state index is 5.95. The topological polar surface area (TPSA) is 27.1 Å². The van der Waals surface area contributed by atoms with Crippen LogP contribution >= 0.6 is 27.5 Å². The molecule has 5 heteroatoms. The first-order chi connectivity index (χ1) is 8.52. The van der Waals surface area contributed by atoms with E-state index in [0.717, 1.165) is 32.9 Å². The van der Waals surface area contributed by atoms with Gasteiger partial charge in [-0.1, -0.05) is 15.9 Å². The van der Waals surface area contributed by atoms with Crippen molar-refractivity contribution < 1.29 is 4.74 Å². The van der Waals surface area contributed by atoms with Gasteiger partial charge in [0, 0.05) is 17.1 Å². The molecule has 0 spiro atoms. The third-order valence-corrected chi connectivity index (χ3v) is 3.60. The number of halogens is 2. The van der Waals surface area contributed by atoms with Crippen LogP contribution in [0.15, 0.2) is 22.7 Å². The second kappa shape index (κ2) is 5.33. The number of aryl methyl sites for hydroxylation is 2. The molecular weight excluding hydrogens is 316 g/mol. The zero-order chi connectivity index (χ0) is 13.3. The standard InChI is InChI=1S/C13H14BrClN2O/c1-8-13(9(2)17(3)16-8)18-12-5-4-11(14)6-10(12)7-15/h4-6H,7H2,1-3H3. The van der Waals surface area contributed by atoms with E-state index < -0.39 is 0 Å². The quantitative estimate of drug-likeness (QED) is 0.784. The molecule has 0 N–H and O–H groups in total. The Hall–Kier alpha value is -1.000. The first kappa shape index (κ1) is 13.4. The van der Waals surface area contributed by atoms with Gasteiger partial charge in [0.1, 0.15) is 11.4 Å². The summed E-state index contributed by atoms with van der Waals surface area (Å²) in [4.78, 5) is 0. The molecule has 0 radical (unpaired) electrons. The predicted octanol–water partition coefficient (Wildman–Crippen LogP) is 4.33. The zero-order valence-electron chi connectivity index (χ0n) is 10.5. The summed E-state index contributed by atoms with van der Waals surface area (Å²) in [7, 11) is 1.90. The highest BCUT2D eigenvalue weighted by atomic mass is 79.9. The molecule has 18 heavy (non-hydrogen) atoms. The molecular formula is C13H14BrClN2O. The molecule has 0 aliphatic rings. The van der Waals surface area contributed by atoms with E-state index in [1.165, 1.54) is 0 Å². The summed E-state index contributed by atoms with van der Waals surface area (Å²) in [6.45, 7) is 3.91. The highest BCUT2D eigenvalue weighted by Crippen LogP contribution is 2.32. The molecule has 96 valence electrons. The summed E-state index contributed by atoms with van der Waals surface area (Å²) in [5.74, 6) is 1.98. The van der Waals surface area contributed by atoms with Gasteiger partial charge in [-0.05, 0) is 32.0 Å². The summed E-state index contributed by atoms with van der Waals surface area (Å²) < 4.78 is 8.75. The van der Waals surface area contributed by atoms with E-state index in [0.29, 0.717) is 5.88 Å². The average molecular weight is 330 g/mol. The molecule has 1 heterocycles. The van der Waals surface area contributed by atoms with Crippen LogP contribution in [0.25, 0.3) is 0 Å². The lowest BCUT2D eigenvalue weighted by atomic mass is 10.2. The predicted molar refractivity (Wildman–Crippen MR) is 76.5 cm³/mol. The van der Waals surface area contributed by atoms with Crippen LogP contribution < -0.4 is 4.74 Å². The van der Waals surface area contributed by atoms with Crippen molar-refractivity contribution in [2.45, 2.75) is 19.7 Å². The fourth-order valence-corrected chi connectivity index (χ4v) is 2.38. The lowest BCUT2D eigenvalue weighted by Crippen LogP contribution is -1.94. The minimum atomic E-state index is 0.410. The first-order valence-electron chi connectivity index (χ1n) is 5.55. The highest BCUT2D eigenvalue weighted by molar-refractivity contribution is 9.10. The summed E-state index contributed by atoms with van der Waals surface area (Å²) in [5, 5.41) is 4.33. The molecule has 0 amide bonds. The van der Waals surface area contributed by atoms with Crippen LogP contribution in [0.1, 0.15) is 17.0 Å². The van der Waals surface area contributed by atoms with Crippen molar-refractivity contribution in [3.8, 4) is 11.5 Å². The van der Waals surface area contributed by atoms with Crippen molar-refractivity contribution in [2.24, 2.45) is 7.05 Å². The van der Waals surface area contributed by atoms with Gasteiger partial charge in [0.2, 0.25) is 0 Å². The Labute approximate surface area is 120 Å². The van der Waals surface area contributed by atoms with Crippen molar-refractivity contribution in [1.29, 1.82) is 0 Å². The number of alkyl halides is 1. The minimum absolute atomic E-state index is 0.410. The summed E-state index contributed by atoms with van der Waals surface area (Å²) >= 11 is 9.36. The molecule has 2 rings (SSSR count). The number of benzene rings is 1. The van der Waals surface area contributed by atoms with Gasteiger partial charge in [-0.15, -0.1) is 11.6 Å². The van der Waals surface area contributed by atoms with Crippen molar-refractivity contribution >= 4 is 27.5 Å². The van der Waals surface area contributed by atoms with Gasteiger partial charge in [0.25, 0.3) is 0 Å². The van der Waals surface area contributed by atoms with E-state index >= 15 is 0 Å². The number of hydrogen-bond donors (Lipinski definition) is 0. The number of nitrogens with zero attached hydrogens (tertiary/aromatic N) is 2. The van der Waals surface area contributed by atoms with E-state index in [1.54, 1.807) is 0 Å². The van der Waals surface area contributed by atoms with Gasteiger partial charge in [0.05, 0.1) is 11.6 Å². The zero-order valence-corrected chi connectivity index (χ0v) is 12.8. The molecule has 0 aliphatic heterocycles. The monoisotopic (exact) mass is 328 g/mol. The Balaban J connectivity index is 2.39. The number of hydrogen-bond acceptors (Lipinski definition) is 2. The molecule has 0 saturated heterocycles. The Kier molecular flexibility index (Phi) is 3.97. The molecule has 1 aromatic carbocycles. The smallest absolute Gasteiger partial charge is 0.171 e. The van der Waals surface area contributed by atoms with E-state index in [9.17, 15) is 0 Å². The minimum Gasteiger partial charge on any atom is -0.453 e. The van der Waals surface area contributed by atoms with E-state index in [4.69, 9.17) is 16.3 Å². The normalized spacial score (nSPS) is 10.7. The first-order valence-corrected chi connectivity index (χ1v) is 6.88. The van der Waals surface area contributed by atoms with Crippen LogP contribution in [0.5, 0.6) is 11.5 Å². The fourth-order valence-electron chi connectivity index (χ4n) is 1.76. The molecule has 3 nitrogen and oxygen atoms in total. The summed E-state index contributed by atoms with van der Waals surface area (Å²) in [6.07, 6.45) is 0. The molecule has 2 aromatic rings. The van der Waals surface area contributed by atoms with Gasteiger partial charge in [-0.2, -0.15) is 5.10 Å². The molecule has 0 fully saturated rings. The molecule has 0 bridgehead atoms. The molecule has 0 saturated carbocycles. The van der Waals surface area contributed by atoms with Crippen LogP contribution in [0.4, 0.5) is 0 Å². The third-order valence-electron chi connectivity index (χ3n) is 2.82. The lowest BCUT2D eigenvalue weighted by Gasteiger charge is -2.10. The summed E-state index contributed by atoms with van der Waals surface area (Å²) in [6, 6.07) is 5.81. The highest BCUT2D eigenvalue weighted by Gasteiger charge is 2.13. The van der Waals surface area contributed by atoms with Crippen LogP contribution in [-0.4, -0.2) is 9.78 Å². The van der Waals surface area contributed by atoms with E-state index in [2.05, 4.69) is 21.0 Å². The van der Waals surface area contributed by atoms with Crippen molar-refractivity contribution in [3.05, 3.63) is 39.6 Å². The molecule has 0 unspecified atom stereocenters. The average Bonchev–Trinajstić information content (AvgIpc) is 2.58. The Bertz CT molecular complexity index is 581. The third kappa shape index (κ3) is 2.54. The summed E-state index contributed by atoms with van der Waals surface area (Å²) in [5.41, 5.74) is 2.82. The van der Waals surface area contributed by atoms with Crippen molar-refractivity contribution in [1.82, 2.24) is 9.78 Å². The van der Waals surface area contributed by atoms with Gasteiger partial charge in [0.15, 0.2) is 5.75 Å². The van der Waals surface area contributed by atoms with Crippen LogP contribution in [-0.2, 0) is 12.9 Å². The second-order valence-electron chi connectivity index (χ2n) is 4.11. The van der Waals surface area contributed by atoms with Crippen LogP contribution in [0.3, 0.4) is 0 Å². The number of rotatable bonds is 3. The lowest BCUT2D eigenvalue weighted by molar-refractivity contribution is 0.470. The molecule has 1 aromatic heterocycles. The molecule has 0 aliphatic carbocycles. The van der Waals surface area contributed by atoms with Gasteiger partial charge in [-0.25, -0.2) is 0 Å². The maximum Gasteiger partial charge on any atom is 0.171 e. The maximum atomic E-state index is 5.95. The van der Waals surface area contributed by atoms with E-state index in [1.807, 2.05) is 43.8 Å². The van der Waals surface area contributed by atoms with E-state index in [-0.39, 0.29) is 0 Å². The Morgan fingerprint density at radius 3 is 2.67 bits per heavy atom. The van der Waals surface area contributed by atoms with Crippen molar-refractivity contribution in [3.63, 3.8) is 0 Å². The Morgan fingerprint density at radius 2 is 2.11 bits per heavy atom. The van der Waals surface area contributed by atoms with Crippen LogP contribution in [0, 0.1) is 13.8 Å². The fraction of sp³-hybridized carbons (Fsp3) is 0.308. The Morgan fingerprint density at radius 1 is 1.39 bits per heavy atom. The van der Waals surface area contributed by atoms with Gasteiger partial charge >= 0.3 is 0 Å². The van der Waals surface area contributed by atoms with Crippen molar-refractivity contribution in [2.75, 3.05) is 0 Å².